The van der Waals surface area contributed by atoms with Crippen LogP contribution in [0.25, 0.3) is 17.2 Å². The lowest BCUT2D eigenvalue weighted by Gasteiger charge is -2.08. The third-order valence-corrected chi connectivity index (χ3v) is 6.39. The molecule has 1 aliphatic carbocycles. The minimum absolute atomic E-state index is 0.262. The molecule has 1 saturated carbocycles. The van der Waals surface area contributed by atoms with Crippen LogP contribution in [0.4, 0.5) is 0 Å². The Labute approximate surface area is 219 Å². The van der Waals surface area contributed by atoms with Crippen molar-refractivity contribution in [3.05, 3.63) is 101 Å². The first-order valence-electron chi connectivity index (χ1n) is 12.6. The number of nitrogens with zero attached hydrogens (tertiary/aromatic N) is 7. The molecule has 1 amide bonds. The van der Waals surface area contributed by atoms with E-state index in [1.807, 2.05) is 50.4 Å². The number of pyridine rings is 2. The van der Waals surface area contributed by atoms with Gasteiger partial charge in [0.1, 0.15) is 5.69 Å². The molecule has 1 aliphatic rings. The Bertz CT molecular complexity index is 1580. The maximum absolute atomic E-state index is 12.7. The first-order chi connectivity index (χ1) is 18.5. The van der Waals surface area contributed by atoms with Crippen LogP contribution in [-0.2, 0) is 13.0 Å². The lowest BCUT2D eigenvalue weighted by molar-refractivity contribution is 0.0946. The summed E-state index contributed by atoms with van der Waals surface area (Å²) >= 11 is 0. The number of nitrogens with one attached hydrogen (secondary N) is 2. The van der Waals surface area contributed by atoms with Gasteiger partial charge in [-0.05, 0) is 68.7 Å². The molecule has 0 bridgehead atoms. The van der Waals surface area contributed by atoms with Gasteiger partial charge in [-0.15, -0.1) is 0 Å². The fourth-order valence-electron chi connectivity index (χ4n) is 4.26. The lowest BCUT2D eigenvalue weighted by atomic mass is 10.2. The van der Waals surface area contributed by atoms with E-state index >= 15 is 0 Å². The molecule has 2 N–H and O–H groups in total. The number of hydrogen-bond acceptors (Lipinski definition) is 7. The van der Waals surface area contributed by atoms with E-state index in [-0.39, 0.29) is 5.91 Å². The molecule has 190 valence electrons. The number of aromatic amines is 1. The van der Waals surface area contributed by atoms with Crippen LogP contribution in [0.3, 0.4) is 0 Å². The topological polar surface area (TPSA) is 127 Å². The zero-order chi connectivity index (χ0) is 26.1. The Morgan fingerprint density at radius 2 is 1.92 bits per heavy atom. The summed E-state index contributed by atoms with van der Waals surface area (Å²) in [6.45, 7) is 4.25. The molecule has 10 nitrogen and oxygen atoms in total. The van der Waals surface area contributed by atoms with Crippen LogP contribution < -0.4 is 5.32 Å². The third-order valence-electron chi connectivity index (χ3n) is 6.39. The first-order valence-corrected chi connectivity index (χ1v) is 12.6. The summed E-state index contributed by atoms with van der Waals surface area (Å²) in [4.78, 5) is 30.8. The highest BCUT2D eigenvalue weighted by Gasteiger charge is 2.26. The largest absolute Gasteiger partial charge is 0.347 e. The summed E-state index contributed by atoms with van der Waals surface area (Å²) in [7, 11) is 0. The van der Waals surface area contributed by atoms with E-state index in [1.54, 1.807) is 23.1 Å². The van der Waals surface area contributed by atoms with Gasteiger partial charge in [0.05, 0.1) is 17.1 Å². The molecule has 0 aromatic carbocycles. The van der Waals surface area contributed by atoms with Gasteiger partial charge in [-0.1, -0.05) is 6.07 Å². The normalized spacial score (nSPS) is 13.0. The molecule has 0 spiro atoms. The van der Waals surface area contributed by atoms with Crippen LogP contribution in [0.2, 0.25) is 0 Å². The molecule has 0 atom stereocenters. The first kappa shape index (κ1) is 23.7. The maximum atomic E-state index is 12.7. The second-order valence-corrected chi connectivity index (χ2v) is 9.64. The van der Waals surface area contributed by atoms with E-state index in [2.05, 4.69) is 46.6 Å². The monoisotopic (exact) mass is 505 g/mol. The highest BCUT2D eigenvalue weighted by Crippen LogP contribution is 2.38. The van der Waals surface area contributed by atoms with Crippen molar-refractivity contribution in [3.8, 4) is 17.2 Å². The summed E-state index contributed by atoms with van der Waals surface area (Å²) in [5.41, 5.74) is 6.74. The minimum atomic E-state index is -0.262. The Balaban J connectivity index is 1.08. The fraction of sp³-hybridized carbons (Fsp3) is 0.250. The average Bonchev–Trinajstić information content (AvgIpc) is 3.52. The Hall–Kier alpha value is -4.73. The SMILES string of the molecule is Cc1cc(Cc2cc(C)[nH]n2)nc(-c2ccc(C(=O)NCc3ccc(-n4ccc(C5CC5)n4)nc3)nc2)n1. The molecule has 0 aliphatic heterocycles. The van der Waals surface area contributed by atoms with Crippen molar-refractivity contribution in [2.45, 2.75) is 45.6 Å². The number of amides is 1. The van der Waals surface area contributed by atoms with Gasteiger partial charge < -0.3 is 5.32 Å². The standard InChI is InChI=1S/C28H27N9O/c1-17-11-22(13-23-12-18(2)34-35-23)33-27(32-17)21-6-7-25(29-16-21)28(38)31-15-19-3-8-26(30-14-19)37-10-9-24(36-37)20-4-5-20/h3,6-12,14,16,20H,4-5,13,15H2,1-2H3,(H,31,38)(H,34,35). The van der Waals surface area contributed by atoms with Crippen LogP contribution in [0.5, 0.6) is 0 Å². The molecule has 1 fully saturated rings. The van der Waals surface area contributed by atoms with Gasteiger partial charge in [0.2, 0.25) is 0 Å². The quantitative estimate of drug-likeness (QED) is 0.328. The van der Waals surface area contributed by atoms with Gasteiger partial charge >= 0.3 is 0 Å². The molecular weight excluding hydrogens is 478 g/mol. The van der Waals surface area contributed by atoms with E-state index in [4.69, 9.17) is 0 Å². The minimum Gasteiger partial charge on any atom is -0.347 e. The molecule has 0 radical (unpaired) electrons. The summed E-state index contributed by atoms with van der Waals surface area (Å²) in [6, 6.07) is 13.3. The number of rotatable bonds is 8. The van der Waals surface area contributed by atoms with Crippen molar-refractivity contribution >= 4 is 5.91 Å². The summed E-state index contributed by atoms with van der Waals surface area (Å²) < 4.78 is 1.79. The van der Waals surface area contributed by atoms with Gasteiger partial charge in [-0.3, -0.25) is 14.9 Å². The number of aryl methyl sites for hydroxylation is 2. The molecule has 5 aromatic rings. The Morgan fingerprint density at radius 3 is 2.63 bits per heavy atom. The number of aromatic nitrogens is 8. The van der Waals surface area contributed by atoms with Gasteiger partial charge in [-0.25, -0.2) is 19.6 Å². The summed E-state index contributed by atoms with van der Waals surface area (Å²) in [5, 5.41) is 14.8. The number of hydrogen-bond donors (Lipinski definition) is 2. The van der Waals surface area contributed by atoms with Crippen molar-refractivity contribution in [2.75, 3.05) is 0 Å². The second kappa shape index (κ2) is 9.97. The predicted molar refractivity (Wildman–Crippen MR) is 141 cm³/mol. The van der Waals surface area contributed by atoms with E-state index < -0.39 is 0 Å². The van der Waals surface area contributed by atoms with Gasteiger partial charge in [0.15, 0.2) is 11.6 Å². The zero-order valence-electron chi connectivity index (χ0n) is 21.2. The average molecular weight is 506 g/mol. The molecule has 0 unspecified atom stereocenters. The summed E-state index contributed by atoms with van der Waals surface area (Å²) in [6.07, 6.45) is 8.36. The maximum Gasteiger partial charge on any atom is 0.270 e. The van der Waals surface area contributed by atoms with E-state index in [0.29, 0.717) is 30.4 Å². The Morgan fingerprint density at radius 1 is 1.03 bits per heavy atom. The molecular formula is C28H27N9O. The van der Waals surface area contributed by atoms with Crippen molar-refractivity contribution in [1.82, 2.24) is 45.2 Å². The van der Waals surface area contributed by atoms with Crippen LogP contribution in [0.1, 0.15) is 63.3 Å². The van der Waals surface area contributed by atoms with Gasteiger partial charge in [0, 0.05) is 54.4 Å². The van der Waals surface area contributed by atoms with E-state index in [0.717, 1.165) is 45.4 Å². The number of carbonyl (C=O) groups excluding carboxylic acids is 1. The predicted octanol–water partition coefficient (Wildman–Crippen LogP) is 3.86. The van der Waals surface area contributed by atoms with E-state index in [1.165, 1.54) is 12.8 Å². The fourth-order valence-corrected chi connectivity index (χ4v) is 4.26. The van der Waals surface area contributed by atoms with Crippen LogP contribution >= 0.6 is 0 Å². The molecule has 0 saturated heterocycles. The van der Waals surface area contributed by atoms with Crippen LogP contribution in [-0.4, -0.2) is 45.8 Å². The number of H-pyrrole nitrogens is 1. The van der Waals surface area contributed by atoms with Gasteiger partial charge in [0.25, 0.3) is 5.91 Å². The molecule has 5 heterocycles. The zero-order valence-corrected chi connectivity index (χ0v) is 21.2. The second-order valence-electron chi connectivity index (χ2n) is 9.64. The van der Waals surface area contributed by atoms with E-state index in [9.17, 15) is 4.79 Å². The van der Waals surface area contributed by atoms with Crippen molar-refractivity contribution in [1.29, 1.82) is 0 Å². The molecule has 10 heteroatoms. The van der Waals surface area contributed by atoms with Gasteiger partial charge in [-0.2, -0.15) is 10.2 Å². The van der Waals surface area contributed by atoms with Crippen LogP contribution in [0, 0.1) is 13.8 Å². The molecule has 38 heavy (non-hydrogen) atoms. The lowest BCUT2D eigenvalue weighted by Crippen LogP contribution is -2.23. The Kier molecular flexibility index (Phi) is 6.20. The highest BCUT2D eigenvalue weighted by molar-refractivity contribution is 5.92. The molecule has 6 rings (SSSR count). The number of carbonyl (C=O) groups is 1. The summed E-state index contributed by atoms with van der Waals surface area (Å²) in [5.74, 6) is 1.66. The highest BCUT2D eigenvalue weighted by atomic mass is 16.1. The van der Waals surface area contributed by atoms with Crippen molar-refractivity contribution < 1.29 is 4.79 Å². The van der Waals surface area contributed by atoms with Crippen LogP contribution in [0.15, 0.2) is 61.1 Å². The smallest absolute Gasteiger partial charge is 0.270 e. The third kappa shape index (κ3) is 5.34. The van der Waals surface area contributed by atoms with Crippen molar-refractivity contribution in [2.24, 2.45) is 0 Å². The molecule has 5 aromatic heterocycles. The van der Waals surface area contributed by atoms with Crippen molar-refractivity contribution in [3.63, 3.8) is 0 Å².